The summed E-state index contributed by atoms with van der Waals surface area (Å²) >= 11 is 12.5. The number of ether oxygens (including phenoxy) is 2. The monoisotopic (exact) mass is 368 g/mol. The summed E-state index contributed by atoms with van der Waals surface area (Å²) in [6, 6.07) is 10.9. The summed E-state index contributed by atoms with van der Waals surface area (Å²) in [5, 5.41) is 6.19. The van der Waals surface area contributed by atoms with Crippen molar-refractivity contribution in [2.24, 2.45) is 0 Å². The molecule has 0 atom stereocenters. The van der Waals surface area contributed by atoms with Crippen molar-refractivity contribution in [3.63, 3.8) is 0 Å². The fourth-order valence-electron chi connectivity index (χ4n) is 2.13. The Balaban J connectivity index is 2.00. The Kier molecular flexibility index (Phi) is 6.58. The van der Waals surface area contributed by atoms with E-state index in [1.807, 2.05) is 30.3 Å². The minimum Gasteiger partial charge on any atom is -0.493 e. The van der Waals surface area contributed by atoms with Gasteiger partial charge in [0.1, 0.15) is 0 Å². The van der Waals surface area contributed by atoms with Crippen molar-refractivity contribution in [1.82, 2.24) is 10.6 Å². The van der Waals surface area contributed by atoms with E-state index < -0.39 is 0 Å². The van der Waals surface area contributed by atoms with Crippen LogP contribution >= 0.6 is 23.2 Å². The lowest BCUT2D eigenvalue weighted by molar-refractivity contribution is 0.240. The maximum Gasteiger partial charge on any atom is 0.315 e. The lowest BCUT2D eigenvalue weighted by Crippen LogP contribution is -2.34. The van der Waals surface area contributed by atoms with Gasteiger partial charge in [0.15, 0.2) is 11.5 Å². The van der Waals surface area contributed by atoms with Crippen LogP contribution in [-0.4, -0.2) is 20.3 Å². The zero-order chi connectivity index (χ0) is 17.5. The molecule has 0 aliphatic carbocycles. The first-order chi connectivity index (χ1) is 11.6. The molecule has 24 heavy (non-hydrogen) atoms. The Morgan fingerprint density at radius 3 is 2.33 bits per heavy atom. The quantitative estimate of drug-likeness (QED) is 0.809. The Morgan fingerprint density at radius 1 is 1.04 bits per heavy atom. The summed E-state index contributed by atoms with van der Waals surface area (Å²) in [6.45, 7) is 0.596. The number of rotatable bonds is 6. The fourth-order valence-corrected chi connectivity index (χ4v) is 2.78. The second-order valence-corrected chi connectivity index (χ2v) is 5.69. The summed E-state index contributed by atoms with van der Waals surface area (Å²) in [6.07, 6.45) is 0. The molecule has 2 N–H and O–H groups in total. The summed E-state index contributed by atoms with van der Waals surface area (Å²) in [5.74, 6) is 0.815. The van der Waals surface area contributed by atoms with Crippen LogP contribution in [0.15, 0.2) is 36.4 Å². The second kappa shape index (κ2) is 8.66. The van der Waals surface area contributed by atoms with Gasteiger partial charge in [-0.3, -0.25) is 0 Å². The molecule has 0 radical (unpaired) electrons. The van der Waals surface area contributed by atoms with Gasteiger partial charge in [-0.15, -0.1) is 0 Å². The van der Waals surface area contributed by atoms with Crippen molar-refractivity contribution in [3.05, 3.63) is 57.6 Å². The van der Waals surface area contributed by atoms with Gasteiger partial charge in [0.25, 0.3) is 0 Å². The molecule has 0 fully saturated rings. The standard InChI is InChI=1S/C17H18Cl2N2O3/c1-23-14-8-13(18)12(15(19)16(14)24-2)10-21-17(22)20-9-11-6-4-3-5-7-11/h3-8H,9-10H2,1-2H3,(H2,20,21,22). The van der Waals surface area contributed by atoms with Gasteiger partial charge in [-0.1, -0.05) is 53.5 Å². The Hall–Kier alpha value is -2.11. The van der Waals surface area contributed by atoms with E-state index in [9.17, 15) is 4.79 Å². The van der Waals surface area contributed by atoms with Crippen LogP contribution in [-0.2, 0) is 13.1 Å². The number of nitrogens with one attached hydrogen (secondary N) is 2. The number of methoxy groups -OCH3 is 2. The molecular weight excluding hydrogens is 351 g/mol. The van der Waals surface area contributed by atoms with Gasteiger partial charge in [0, 0.05) is 24.7 Å². The van der Waals surface area contributed by atoms with Crippen LogP contribution in [0.1, 0.15) is 11.1 Å². The molecule has 0 heterocycles. The summed E-state index contributed by atoms with van der Waals surface area (Å²) in [5.41, 5.74) is 1.57. The molecule has 0 unspecified atom stereocenters. The van der Waals surface area contributed by atoms with E-state index in [2.05, 4.69) is 10.6 Å². The lowest BCUT2D eigenvalue weighted by atomic mass is 10.2. The minimum atomic E-state index is -0.319. The van der Waals surface area contributed by atoms with Gasteiger partial charge in [0.2, 0.25) is 0 Å². The van der Waals surface area contributed by atoms with Gasteiger partial charge in [-0.05, 0) is 5.56 Å². The van der Waals surface area contributed by atoms with Crippen LogP contribution in [0.4, 0.5) is 4.79 Å². The maximum absolute atomic E-state index is 11.9. The number of hydrogen-bond donors (Lipinski definition) is 2. The third kappa shape index (κ3) is 4.46. The van der Waals surface area contributed by atoms with Crippen molar-refractivity contribution in [2.75, 3.05) is 14.2 Å². The average Bonchev–Trinajstić information content (AvgIpc) is 2.60. The highest BCUT2D eigenvalue weighted by Crippen LogP contribution is 2.41. The molecule has 128 valence electrons. The van der Waals surface area contributed by atoms with Crippen LogP contribution in [0.25, 0.3) is 0 Å². The van der Waals surface area contributed by atoms with E-state index in [0.29, 0.717) is 33.7 Å². The highest BCUT2D eigenvalue weighted by molar-refractivity contribution is 6.37. The number of benzene rings is 2. The van der Waals surface area contributed by atoms with E-state index >= 15 is 0 Å². The molecule has 0 aliphatic rings. The number of amides is 2. The number of carbonyl (C=O) groups is 1. The van der Waals surface area contributed by atoms with E-state index in [1.165, 1.54) is 14.2 Å². The first-order valence-corrected chi connectivity index (χ1v) is 7.97. The van der Waals surface area contributed by atoms with E-state index in [1.54, 1.807) is 6.07 Å². The van der Waals surface area contributed by atoms with Crippen LogP contribution in [0, 0.1) is 0 Å². The van der Waals surface area contributed by atoms with Crippen LogP contribution in [0.5, 0.6) is 11.5 Å². The molecule has 0 bridgehead atoms. The molecule has 0 saturated carbocycles. The number of carbonyl (C=O) groups excluding carboxylic acids is 1. The first-order valence-electron chi connectivity index (χ1n) is 7.21. The fraction of sp³-hybridized carbons (Fsp3) is 0.235. The lowest BCUT2D eigenvalue weighted by Gasteiger charge is -2.15. The van der Waals surface area contributed by atoms with E-state index in [-0.39, 0.29) is 12.6 Å². The molecule has 0 aromatic heterocycles. The molecule has 0 saturated heterocycles. The summed E-state index contributed by atoms with van der Waals surface area (Å²) in [7, 11) is 2.99. The molecule has 2 aromatic carbocycles. The smallest absolute Gasteiger partial charge is 0.315 e. The zero-order valence-electron chi connectivity index (χ0n) is 13.4. The van der Waals surface area contributed by atoms with Gasteiger partial charge in [-0.25, -0.2) is 4.79 Å². The predicted octanol–water partition coefficient (Wildman–Crippen LogP) is 4.01. The highest BCUT2D eigenvalue weighted by atomic mass is 35.5. The van der Waals surface area contributed by atoms with Gasteiger partial charge >= 0.3 is 6.03 Å². The SMILES string of the molecule is COc1cc(Cl)c(CNC(=O)NCc2ccccc2)c(Cl)c1OC. The van der Waals surface area contributed by atoms with Crippen LogP contribution < -0.4 is 20.1 Å². The van der Waals surface area contributed by atoms with Gasteiger partial charge < -0.3 is 20.1 Å². The van der Waals surface area contributed by atoms with E-state index in [4.69, 9.17) is 32.7 Å². The number of hydrogen-bond acceptors (Lipinski definition) is 3. The maximum atomic E-state index is 11.9. The molecule has 7 heteroatoms. The molecular formula is C17H18Cl2N2O3. The predicted molar refractivity (Wildman–Crippen MR) is 95.1 cm³/mol. The third-order valence-corrected chi connectivity index (χ3v) is 4.12. The number of halogens is 2. The summed E-state index contributed by atoms with van der Waals surface area (Å²) in [4.78, 5) is 11.9. The Morgan fingerprint density at radius 2 is 1.71 bits per heavy atom. The Labute approximate surface area is 150 Å². The normalized spacial score (nSPS) is 10.2. The first kappa shape index (κ1) is 18.2. The van der Waals surface area contributed by atoms with E-state index in [0.717, 1.165) is 5.56 Å². The van der Waals surface area contributed by atoms with Crippen molar-refractivity contribution < 1.29 is 14.3 Å². The molecule has 2 aromatic rings. The molecule has 5 nitrogen and oxygen atoms in total. The van der Waals surface area contributed by atoms with Crippen molar-refractivity contribution in [1.29, 1.82) is 0 Å². The topological polar surface area (TPSA) is 59.6 Å². The largest absolute Gasteiger partial charge is 0.493 e. The molecule has 2 rings (SSSR count). The molecule has 0 aliphatic heterocycles. The van der Waals surface area contributed by atoms with Crippen LogP contribution in [0.3, 0.4) is 0 Å². The minimum absolute atomic E-state index is 0.165. The zero-order valence-corrected chi connectivity index (χ0v) is 14.9. The summed E-state index contributed by atoms with van der Waals surface area (Å²) < 4.78 is 10.4. The average molecular weight is 369 g/mol. The highest BCUT2D eigenvalue weighted by Gasteiger charge is 2.17. The van der Waals surface area contributed by atoms with Gasteiger partial charge in [-0.2, -0.15) is 0 Å². The third-order valence-electron chi connectivity index (χ3n) is 3.38. The van der Waals surface area contributed by atoms with Crippen molar-refractivity contribution in [3.8, 4) is 11.5 Å². The number of urea groups is 1. The second-order valence-electron chi connectivity index (χ2n) is 4.91. The Bertz CT molecular complexity index is 709. The molecule has 0 spiro atoms. The van der Waals surface area contributed by atoms with Crippen LogP contribution in [0.2, 0.25) is 10.0 Å². The van der Waals surface area contributed by atoms with Crippen molar-refractivity contribution in [2.45, 2.75) is 13.1 Å². The van der Waals surface area contributed by atoms with Gasteiger partial charge in [0.05, 0.1) is 24.3 Å². The van der Waals surface area contributed by atoms with Crippen molar-refractivity contribution >= 4 is 29.2 Å². The molecule has 2 amide bonds.